The molecule has 6 heterocycles. The van der Waals surface area contributed by atoms with E-state index in [1.165, 1.54) is 67.4 Å². The van der Waals surface area contributed by atoms with Crippen LogP contribution in [-0.2, 0) is 59.1 Å². The number of nitrogen functional groups attached to an aromatic ring is 2. The molecule has 10 atom stereocenters. The number of aryl methyl sites for hydroxylation is 1. The van der Waals surface area contributed by atoms with Crippen molar-refractivity contribution in [2.75, 3.05) is 56.0 Å². The van der Waals surface area contributed by atoms with Crippen molar-refractivity contribution in [3.63, 3.8) is 0 Å². The number of hydrogen-bond acceptors (Lipinski definition) is 24. The summed E-state index contributed by atoms with van der Waals surface area (Å²) in [5.74, 6) is -1.29. The van der Waals surface area contributed by atoms with Gasteiger partial charge in [0.05, 0.1) is 39.2 Å². The summed E-state index contributed by atoms with van der Waals surface area (Å²) >= 11 is 2.25. The minimum absolute atomic E-state index is 0.00483. The summed E-state index contributed by atoms with van der Waals surface area (Å²) in [6, 6.07) is 1.42. The van der Waals surface area contributed by atoms with E-state index in [1.807, 2.05) is 0 Å². The molecule has 82 heavy (non-hydrogen) atoms. The van der Waals surface area contributed by atoms with Gasteiger partial charge in [0, 0.05) is 35.9 Å². The Hall–Kier alpha value is -3.08. The van der Waals surface area contributed by atoms with Gasteiger partial charge in [-0.1, -0.05) is 129 Å². The van der Waals surface area contributed by atoms with E-state index in [2.05, 4.69) is 28.8 Å². The average Bonchev–Trinajstić information content (AvgIpc) is 4.32. The molecule has 3 aliphatic rings. The van der Waals surface area contributed by atoms with Crippen LogP contribution in [0, 0.1) is 12.7 Å². The number of nitrogens with zero attached hydrogens (tertiary/aromatic N) is 5. The molecule has 3 fully saturated rings. The van der Waals surface area contributed by atoms with Gasteiger partial charge in [0.25, 0.3) is 5.56 Å². The lowest BCUT2D eigenvalue weighted by atomic mass is 10.1. The summed E-state index contributed by atoms with van der Waals surface area (Å²) in [5.41, 5.74) is 6.24. The number of nitrogens with one attached hydrogen (secondary N) is 1. The van der Waals surface area contributed by atoms with Crippen LogP contribution in [0.15, 0.2) is 43.8 Å². The highest BCUT2D eigenvalue weighted by Crippen LogP contribution is 2.74. The number of ether oxygens (including phenoxy) is 3. The van der Waals surface area contributed by atoms with Crippen molar-refractivity contribution in [1.29, 1.82) is 0 Å². The number of phosphoric acid groups is 3. The second-order valence-electron chi connectivity index (χ2n) is 20.2. The molecule has 3 unspecified atom stereocenters. The van der Waals surface area contributed by atoms with E-state index in [9.17, 15) is 28.7 Å². The zero-order valence-corrected chi connectivity index (χ0v) is 51.3. The minimum Gasteiger partial charge on any atom is -0.394 e. The van der Waals surface area contributed by atoms with E-state index in [-0.39, 0.29) is 42.5 Å². The number of phosphoric ester groups is 2. The van der Waals surface area contributed by atoms with Gasteiger partial charge in [-0.05, 0) is 25.8 Å². The molecule has 3 aromatic heterocycles. The van der Waals surface area contributed by atoms with Crippen LogP contribution in [0.4, 0.5) is 16.0 Å². The molecule has 6 N–H and O–H groups in total. The van der Waals surface area contributed by atoms with Crippen LogP contribution in [0.1, 0.15) is 173 Å². The molecule has 0 saturated carbocycles. The SMILES string of the molecule is CCCCCCCCCCCCOP(=O)(OC[C@@H]1O[C@H](n2ccc(N)nc2=O)CS1)OP(=O)(O[C@H]1C[C@H](n2cc(C)c(=O)[nH]c2=O)O[C@@H]1CO)OP(=O)(OCCCCCCCCCCCC)OC[C@@H]1O[C@H](n2cc(F)c(N)nc2=O)CS1. The van der Waals surface area contributed by atoms with E-state index in [0.29, 0.717) is 25.7 Å². The lowest BCUT2D eigenvalue weighted by Gasteiger charge is -2.29. The zero-order chi connectivity index (χ0) is 59.1. The normalized spacial score (nSPS) is 23.3. The number of unbranched alkanes of at least 4 members (excludes halogenated alkanes) is 18. The monoisotopic (exact) mass is 1260 g/mol. The van der Waals surface area contributed by atoms with E-state index >= 15 is 13.7 Å². The Labute approximate surface area is 485 Å². The highest BCUT2D eigenvalue weighted by molar-refractivity contribution is 8.00. The van der Waals surface area contributed by atoms with E-state index in [0.717, 1.165) is 104 Å². The number of hydrogen-bond donors (Lipinski definition) is 4. The molecule has 3 saturated heterocycles. The highest BCUT2D eigenvalue weighted by Gasteiger charge is 2.52. The number of thioether (sulfide) groups is 2. The Balaban J connectivity index is 1.27. The zero-order valence-electron chi connectivity index (χ0n) is 47.0. The fourth-order valence-electron chi connectivity index (χ4n) is 9.08. The minimum atomic E-state index is -5.78. The third-order valence-corrected chi connectivity index (χ3v) is 21.4. The second-order valence-corrected chi connectivity index (χ2v) is 27.8. The molecule has 0 aliphatic carbocycles. The van der Waals surface area contributed by atoms with Crippen molar-refractivity contribution in [3.05, 3.63) is 77.8 Å². The van der Waals surface area contributed by atoms with Crippen molar-refractivity contribution in [2.45, 2.75) is 197 Å². The molecule has 3 aliphatic heterocycles. The first-order chi connectivity index (χ1) is 39.4. The fraction of sp³-hybridized carbons (Fsp3) is 0.760. The molecule has 0 spiro atoms. The quantitative estimate of drug-likeness (QED) is 0.0304. The largest absolute Gasteiger partial charge is 0.493 e. The number of aromatic nitrogens is 6. The smallest absolute Gasteiger partial charge is 0.394 e. The molecular weight excluding hydrogens is 1180 g/mol. The van der Waals surface area contributed by atoms with Gasteiger partial charge in [-0.2, -0.15) is 18.6 Å². The number of anilines is 2. The van der Waals surface area contributed by atoms with Crippen LogP contribution >= 0.6 is 47.0 Å². The highest BCUT2D eigenvalue weighted by atomic mass is 32.2. The first-order valence-corrected chi connectivity index (χ1v) is 34.8. The van der Waals surface area contributed by atoms with Crippen molar-refractivity contribution >= 4 is 58.6 Å². The number of halogens is 1. The van der Waals surface area contributed by atoms with Crippen molar-refractivity contribution < 1.29 is 68.6 Å². The molecule has 3 aromatic rings. The molecule has 32 heteroatoms. The maximum absolute atomic E-state index is 15.7. The van der Waals surface area contributed by atoms with Gasteiger partial charge in [-0.15, -0.1) is 23.5 Å². The molecule has 0 radical (unpaired) electrons. The molecule has 6 rings (SSSR count). The van der Waals surface area contributed by atoms with Crippen LogP contribution < -0.4 is 34.1 Å². The Morgan fingerprint density at radius 2 is 1.15 bits per heavy atom. The summed E-state index contributed by atoms with van der Waals surface area (Å²) < 4.78 is 123. The molecule has 0 bridgehead atoms. The van der Waals surface area contributed by atoms with Crippen LogP contribution in [0.25, 0.3) is 0 Å². The Kier molecular flexibility index (Phi) is 28.5. The van der Waals surface area contributed by atoms with E-state index in [4.69, 9.17) is 56.9 Å². The van der Waals surface area contributed by atoms with Gasteiger partial charge < -0.3 is 30.8 Å². The van der Waals surface area contributed by atoms with E-state index < -0.39 is 119 Å². The second kappa shape index (κ2) is 34.3. The van der Waals surface area contributed by atoms with Gasteiger partial charge in [0.1, 0.15) is 47.6 Å². The summed E-state index contributed by atoms with van der Waals surface area (Å²) in [5, 5.41) is 10.6. The average molecular weight is 1260 g/mol. The molecular formula is C50H82FN8O18P3S2. The molecule has 0 amide bonds. The number of rotatable bonds is 40. The Morgan fingerprint density at radius 1 is 0.659 bits per heavy atom. The maximum atomic E-state index is 15.7. The predicted octanol–water partition coefficient (Wildman–Crippen LogP) is 9.77. The number of aromatic amines is 1. The number of aliphatic hydroxyl groups is 1. The molecule has 26 nitrogen and oxygen atoms in total. The van der Waals surface area contributed by atoms with Crippen molar-refractivity contribution in [2.24, 2.45) is 0 Å². The van der Waals surface area contributed by atoms with Crippen LogP contribution in [0.5, 0.6) is 0 Å². The van der Waals surface area contributed by atoms with Crippen LogP contribution in [0.2, 0.25) is 0 Å². The van der Waals surface area contributed by atoms with Crippen molar-refractivity contribution in [1.82, 2.24) is 28.7 Å². The van der Waals surface area contributed by atoms with Gasteiger partial charge in [-0.3, -0.25) is 46.1 Å². The third kappa shape index (κ3) is 21.7. The third-order valence-electron chi connectivity index (χ3n) is 13.6. The fourth-order valence-corrected chi connectivity index (χ4v) is 16.7. The number of aliphatic hydroxyl groups excluding tert-OH is 1. The van der Waals surface area contributed by atoms with E-state index in [1.54, 1.807) is 0 Å². The van der Waals surface area contributed by atoms with Crippen LogP contribution in [-0.4, -0.2) is 101 Å². The standard InChI is InChI=1S/C50H82FN8O18P3S2/c1-4-6-8-10-12-14-16-18-20-22-26-68-78(65,70-32-44-73-42(34-81-44)57-25-24-40(52)54-48(57)62)76-80(67,75-38-28-41(72-39(38)31-60)58-29-36(3)47(61)56-50(58)64)77-79(66,69-27-23-21-19-17-15-13-11-9-7-5-2)71-33-45-74-43(35-82-45)59-30-37(51)46(53)55-49(59)63/h24-25,29-30,38-39,41-45,60H,4-23,26-28,31-35H2,1-3H3,(H2,52,54,62)(H2,53,55,63)(H,56,61,64)/t38-,39+,41+,42-,43-,44+,45+,78?,79?,80?/m0/s1. The summed E-state index contributed by atoms with van der Waals surface area (Å²) in [6.45, 7) is 3.22. The molecule has 0 aromatic carbocycles. The number of H-pyrrole nitrogens is 1. The van der Waals surface area contributed by atoms with Crippen LogP contribution in [0.3, 0.4) is 0 Å². The molecule has 464 valence electrons. The van der Waals surface area contributed by atoms with Gasteiger partial charge in [0.2, 0.25) is 0 Å². The first-order valence-electron chi connectivity index (χ1n) is 28.4. The Morgan fingerprint density at radius 3 is 1.65 bits per heavy atom. The first kappa shape index (κ1) is 68.0. The predicted molar refractivity (Wildman–Crippen MR) is 308 cm³/mol. The van der Waals surface area contributed by atoms with Gasteiger partial charge in [-0.25, -0.2) is 32.5 Å². The van der Waals surface area contributed by atoms with Crippen molar-refractivity contribution in [3.8, 4) is 0 Å². The Bertz CT molecular complexity index is 2850. The van der Waals surface area contributed by atoms with Gasteiger partial charge >= 0.3 is 40.5 Å². The maximum Gasteiger partial charge on any atom is 0.493 e. The van der Waals surface area contributed by atoms with Gasteiger partial charge in [0.15, 0.2) is 11.6 Å². The topological polar surface area (TPSA) is 340 Å². The lowest BCUT2D eigenvalue weighted by molar-refractivity contribution is -0.0461. The summed E-state index contributed by atoms with van der Waals surface area (Å²) in [4.78, 5) is 60.2. The number of nitrogens with two attached hydrogens (primary N) is 2. The lowest BCUT2D eigenvalue weighted by Crippen LogP contribution is -2.33. The summed E-state index contributed by atoms with van der Waals surface area (Å²) in [7, 11) is -16.3. The summed E-state index contributed by atoms with van der Waals surface area (Å²) in [6.07, 6.45) is 16.0.